The molecular formula is C19H23NOS. The Morgan fingerprint density at radius 3 is 2.41 bits per heavy atom. The van der Waals surface area contributed by atoms with Crippen LogP contribution in [0, 0.1) is 0 Å². The minimum Gasteiger partial charge on any atom is -0.326 e. The fourth-order valence-corrected chi connectivity index (χ4v) is 3.01. The van der Waals surface area contributed by atoms with Crippen LogP contribution >= 0.6 is 11.8 Å². The summed E-state index contributed by atoms with van der Waals surface area (Å²) < 4.78 is 0. The van der Waals surface area contributed by atoms with E-state index in [1.54, 1.807) is 11.8 Å². The SMILES string of the molecule is CC[C@H](C)c1ccc(NC(=O)CCSc2ccccc2)cc1. The molecule has 1 N–H and O–H groups in total. The maximum atomic E-state index is 12.0. The molecule has 0 spiro atoms. The van der Waals surface area contributed by atoms with Gasteiger partial charge in [0.15, 0.2) is 0 Å². The molecule has 3 heteroatoms. The monoisotopic (exact) mass is 313 g/mol. The molecule has 0 aliphatic carbocycles. The molecule has 2 aromatic carbocycles. The molecular weight excluding hydrogens is 290 g/mol. The zero-order valence-corrected chi connectivity index (χ0v) is 14.0. The van der Waals surface area contributed by atoms with Gasteiger partial charge in [-0.3, -0.25) is 4.79 Å². The highest BCUT2D eigenvalue weighted by Gasteiger charge is 2.05. The van der Waals surface area contributed by atoms with E-state index in [-0.39, 0.29) is 5.91 Å². The van der Waals surface area contributed by atoms with Crippen molar-refractivity contribution in [3.8, 4) is 0 Å². The van der Waals surface area contributed by atoms with E-state index in [1.807, 2.05) is 30.3 Å². The molecule has 0 saturated heterocycles. The Balaban J connectivity index is 1.77. The third kappa shape index (κ3) is 5.23. The maximum absolute atomic E-state index is 12.0. The van der Waals surface area contributed by atoms with E-state index in [1.165, 1.54) is 10.5 Å². The van der Waals surface area contributed by atoms with Crippen molar-refractivity contribution in [1.29, 1.82) is 0 Å². The molecule has 2 rings (SSSR count). The first kappa shape index (κ1) is 16.6. The molecule has 1 atom stereocenters. The number of rotatable bonds is 7. The van der Waals surface area contributed by atoms with Crippen molar-refractivity contribution in [3.63, 3.8) is 0 Å². The van der Waals surface area contributed by atoms with Gasteiger partial charge < -0.3 is 5.32 Å². The second-order valence-electron chi connectivity index (χ2n) is 5.39. The summed E-state index contributed by atoms with van der Waals surface area (Å²) in [6, 6.07) is 18.3. The van der Waals surface area contributed by atoms with Gasteiger partial charge in [0, 0.05) is 22.8 Å². The van der Waals surface area contributed by atoms with Crippen molar-refractivity contribution in [2.75, 3.05) is 11.1 Å². The van der Waals surface area contributed by atoms with Gasteiger partial charge in [-0.1, -0.05) is 44.2 Å². The van der Waals surface area contributed by atoms with Crippen LogP contribution in [0.5, 0.6) is 0 Å². The maximum Gasteiger partial charge on any atom is 0.225 e. The highest BCUT2D eigenvalue weighted by atomic mass is 32.2. The summed E-state index contributed by atoms with van der Waals surface area (Å²) in [7, 11) is 0. The number of hydrogen-bond donors (Lipinski definition) is 1. The second kappa shape index (κ2) is 8.64. The van der Waals surface area contributed by atoms with Crippen LogP contribution in [0.15, 0.2) is 59.5 Å². The average Bonchev–Trinajstić information content (AvgIpc) is 2.56. The van der Waals surface area contributed by atoms with Crippen LogP contribution < -0.4 is 5.32 Å². The van der Waals surface area contributed by atoms with Gasteiger partial charge in [0.25, 0.3) is 0 Å². The van der Waals surface area contributed by atoms with Gasteiger partial charge in [-0.15, -0.1) is 11.8 Å². The Morgan fingerprint density at radius 1 is 1.09 bits per heavy atom. The molecule has 0 fully saturated rings. The van der Waals surface area contributed by atoms with E-state index >= 15 is 0 Å². The number of hydrogen-bond acceptors (Lipinski definition) is 2. The summed E-state index contributed by atoms with van der Waals surface area (Å²) in [4.78, 5) is 13.2. The Kier molecular flexibility index (Phi) is 6.53. The molecule has 0 aromatic heterocycles. The van der Waals surface area contributed by atoms with Crippen LogP contribution in [0.4, 0.5) is 5.69 Å². The van der Waals surface area contributed by atoms with Gasteiger partial charge in [-0.05, 0) is 42.2 Å². The molecule has 0 bridgehead atoms. The molecule has 2 nitrogen and oxygen atoms in total. The first-order valence-corrected chi connectivity index (χ1v) is 8.75. The number of carbonyl (C=O) groups excluding carboxylic acids is 1. The van der Waals surface area contributed by atoms with Gasteiger partial charge in [0.1, 0.15) is 0 Å². The lowest BCUT2D eigenvalue weighted by atomic mass is 9.99. The number of nitrogens with one attached hydrogen (secondary N) is 1. The average molecular weight is 313 g/mol. The molecule has 0 heterocycles. The minimum absolute atomic E-state index is 0.0692. The second-order valence-corrected chi connectivity index (χ2v) is 6.56. The normalized spacial score (nSPS) is 11.9. The first-order chi connectivity index (χ1) is 10.7. The fraction of sp³-hybridized carbons (Fsp3) is 0.316. The standard InChI is InChI=1S/C19H23NOS/c1-3-15(2)16-9-11-17(12-10-16)20-19(21)13-14-22-18-7-5-4-6-8-18/h4-12,15H,3,13-14H2,1-2H3,(H,20,21)/t15-/m0/s1. The molecule has 0 saturated carbocycles. The lowest BCUT2D eigenvalue weighted by Gasteiger charge is -2.10. The largest absolute Gasteiger partial charge is 0.326 e. The van der Waals surface area contributed by atoms with E-state index in [2.05, 4.69) is 43.4 Å². The van der Waals surface area contributed by atoms with E-state index in [0.717, 1.165) is 17.9 Å². The molecule has 0 radical (unpaired) electrons. The lowest BCUT2D eigenvalue weighted by molar-refractivity contribution is -0.115. The van der Waals surface area contributed by atoms with Crippen LogP contribution in [0.25, 0.3) is 0 Å². The van der Waals surface area contributed by atoms with Crippen molar-refractivity contribution in [2.24, 2.45) is 0 Å². The van der Waals surface area contributed by atoms with Crippen molar-refractivity contribution >= 4 is 23.4 Å². The predicted octanol–water partition coefficient (Wildman–Crippen LogP) is 5.32. The van der Waals surface area contributed by atoms with Crippen molar-refractivity contribution in [3.05, 3.63) is 60.2 Å². The van der Waals surface area contributed by atoms with Crippen molar-refractivity contribution in [1.82, 2.24) is 0 Å². The number of anilines is 1. The van der Waals surface area contributed by atoms with Crippen LogP contribution in [-0.2, 0) is 4.79 Å². The van der Waals surface area contributed by atoms with E-state index < -0.39 is 0 Å². The fourth-order valence-electron chi connectivity index (χ4n) is 2.13. The van der Waals surface area contributed by atoms with Gasteiger partial charge in [-0.25, -0.2) is 0 Å². The molecule has 2 aromatic rings. The zero-order chi connectivity index (χ0) is 15.8. The zero-order valence-electron chi connectivity index (χ0n) is 13.2. The number of thioether (sulfide) groups is 1. The first-order valence-electron chi connectivity index (χ1n) is 7.76. The summed E-state index contributed by atoms with van der Waals surface area (Å²) in [5.74, 6) is 1.42. The van der Waals surface area contributed by atoms with Crippen molar-refractivity contribution < 1.29 is 4.79 Å². The summed E-state index contributed by atoms with van der Waals surface area (Å²) >= 11 is 1.71. The van der Waals surface area contributed by atoms with E-state index in [4.69, 9.17) is 0 Å². The summed E-state index contributed by atoms with van der Waals surface area (Å²) in [5, 5.41) is 2.96. The predicted molar refractivity (Wildman–Crippen MR) is 95.6 cm³/mol. The highest BCUT2D eigenvalue weighted by molar-refractivity contribution is 7.99. The Hall–Kier alpha value is -1.74. The molecule has 0 aliphatic rings. The Bertz CT molecular complexity index is 580. The smallest absolute Gasteiger partial charge is 0.225 e. The van der Waals surface area contributed by atoms with Crippen LogP contribution in [0.3, 0.4) is 0 Å². The van der Waals surface area contributed by atoms with E-state index in [0.29, 0.717) is 12.3 Å². The third-order valence-electron chi connectivity index (χ3n) is 3.72. The van der Waals surface area contributed by atoms with Crippen LogP contribution in [0.2, 0.25) is 0 Å². The van der Waals surface area contributed by atoms with Gasteiger partial charge >= 0.3 is 0 Å². The number of benzene rings is 2. The number of amides is 1. The quantitative estimate of drug-likeness (QED) is 0.701. The summed E-state index contributed by atoms with van der Waals surface area (Å²) in [6.45, 7) is 4.40. The molecule has 0 aliphatic heterocycles. The summed E-state index contributed by atoms with van der Waals surface area (Å²) in [6.07, 6.45) is 1.65. The van der Waals surface area contributed by atoms with E-state index in [9.17, 15) is 4.79 Å². The molecule has 116 valence electrons. The summed E-state index contributed by atoms with van der Waals surface area (Å²) in [5.41, 5.74) is 2.20. The highest BCUT2D eigenvalue weighted by Crippen LogP contribution is 2.21. The molecule has 0 unspecified atom stereocenters. The molecule has 22 heavy (non-hydrogen) atoms. The van der Waals surface area contributed by atoms with Crippen LogP contribution in [0.1, 0.15) is 38.2 Å². The van der Waals surface area contributed by atoms with Crippen molar-refractivity contribution in [2.45, 2.75) is 37.5 Å². The van der Waals surface area contributed by atoms with Gasteiger partial charge in [-0.2, -0.15) is 0 Å². The lowest BCUT2D eigenvalue weighted by Crippen LogP contribution is -2.12. The van der Waals surface area contributed by atoms with Gasteiger partial charge in [0.05, 0.1) is 0 Å². The van der Waals surface area contributed by atoms with Crippen LogP contribution in [-0.4, -0.2) is 11.7 Å². The molecule has 1 amide bonds. The third-order valence-corrected chi connectivity index (χ3v) is 4.73. The Labute approximate surface area is 137 Å². The topological polar surface area (TPSA) is 29.1 Å². The minimum atomic E-state index is 0.0692. The van der Waals surface area contributed by atoms with Gasteiger partial charge in [0.2, 0.25) is 5.91 Å². The Morgan fingerprint density at radius 2 is 1.77 bits per heavy atom. The number of carbonyl (C=O) groups is 1.